The van der Waals surface area contributed by atoms with Gasteiger partial charge in [0.25, 0.3) is 0 Å². The predicted molar refractivity (Wildman–Crippen MR) is 144 cm³/mol. The standard InChI is InChI=1S/C32H34N2O3/c1-34(2)30(36)32-20-33-28(26(35)19-21-11-7-10-16-27(21)37-3)29(32)31(22-12-5-4-6-13-22)18-17-25(32)23-14-8-9-15-24(23)31/h4-16,25,28-29,33H,17-20H2,1-3H3. The number of nitrogens with one attached hydrogen (secondary N) is 1. The molecule has 1 heterocycles. The Morgan fingerprint density at radius 2 is 1.68 bits per heavy atom. The zero-order chi connectivity index (χ0) is 25.8. The third kappa shape index (κ3) is 3.26. The van der Waals surface area contributed by atoms with Crippen molar-refractivity contribution in [2.45, 2.75) is 36.6 Å². The first-order chi connectivity index (χ1) is 17.9. The van der Waals surface area contributed by atoms with Gasteiger partial charge in [-0.05, 0) is 35.6 Å². The van der Waals surface area contributed by atoms with E-state index in [1.165, 1.54) is 16.7 Å². The number of ketones is 1. The summed E-state index contributed by atoms with van der Waals surface area (Å²) in [7, 11) is 5.34. The van der Waals surface area contributed by atoms with Crippen LogP contribution in [0.2, 0.25) is 0 Å². The smallest absolute Gasteiger partial charge is 0.230 e. The van der Waals surface area contributed by atoms with Crippen LogP contribution < -0.4 is 10.1 Å². The summed E-state index contributed by atoms with van der Waals surface area (Å²) in [6.07, 6.45) is 2.12. The van der Waals surface area contributed by atoms with Gasteiger partial charge in [-0.25, -0.2) is 0 Å². The molecule has 5 heteroatoms. The number of rotatable bonds is 6. The van der Waals surface area contributed by atoms with Gasteiger partial charge in [0.2, 0.25) is 5.91 Å². The van der Waals surface area contributed by atoms with E-state index in [1.807, 2.05) is 44.4 Å². The number of hydrogen-bond donors (Lipinski definition) is 1. The average molecular weight is 495 g/mol. The average Bonchev–Trinajstić information content (AvgIpc) is 3.37. The van der Waals surface area contributed by atoms with Crippen molar-refractivity contribution in [2.24, 2.45) is 11.3 Å². The van der Waals surface area contributed by atoms with E-state index >= 15 is 0 Å². The van der Waals surface area contributed by atoms with Gasteiger partial charge in [-0.15, -0.1) is 0 Å². The van der Waals surface area contributed by atoms with Gasteiger partial charge in [0.15, 0.2) is 5.78 Å². The minimum atomic E-state index is -0.687. The van der Waals surface area contributed by atoms with E-state index in [0.29, 0.717) is 6.54 Å². The van der Waals surface area contributed by atoms with E-state index in [1.54, 1.807) is 12.0 Å². The van der Waals surface area contributed by atoms with Crippen LogP contribution in [0.4, 0.5) is 0 Å². The molecule has 1 aliphatic heterocycles. The van der Waals surface area contributed by atoms with E-state index in [2.05, 4.69) is 53.8 Å². The molecule has 1 N–H and O–H groups in total. The van der Waals surface area contributed by atoms with Crippen molar-refractivity contribution in [1.82, 2.24) is 10.2 Å². The lowest BCUT2D eigenvalue weighted by Gasteiger charge is -2.61. The van der Waals surface area contributed by atoms with Gasteiger partial charge < -0.3 is 15.0 Å². The Morgan fingerprint density at radius 3 is 2.43 bits per heavy atom. The number of benzene rings is 3. The lowest BCUT2D eigenvalue weighted by atomic mass is 9.40. The summed E-state index contributed by atoms with van der Waals surface area (Å²) in [5.41, 5.74) is 3.51. The number of carbonyl (C=O) groups is 2. The summed E-state index contributed by atoms with van der Waals surface area (Å²) in [5.74, 6) is 0.844. The van der Waals surface area contributed by atoms with E-state index in [4.69, 9.17) is 4.74 Å². The van der Waals surface area contributed by atoms with Crippen molar-refractivity contribution >= 4 is 11.7 Å². The molecular formula is C32H34N2O3. The number of methoxy groups -OCH3 is 1. The molecule has 3 aromatic carbocycles. The van der Waals surface area contributed by atoms with Crippen molar-refractivity contribution in [2.75, 3.05) is 27.7 Å². The number of ether oxygens (including phenoxy) is 1. The first-order valence-corrected chi connectivity index (χ1v) is 13.2. The zero-order valence-corrected chi connectivity index (χ0v) is 21.7. The van der Waals surface area contributed by atoms with Crippen LogP contribution in [-0.2, 0) is 21.4 Å². The molecule has 7 rings (SSSR count). The van der Waals surface area contributed by atoms with Gasteiger partial charge in [-0.3, -0.25) is 9.59 Å². The second kappa shape index (κ2) is 8.84. The van der Waals surface area contributed by atoms with Crippen LogP contribution >= 0.6 is 0 Å². The van der Waals surface area contributed by atoms with Gasteiger partial charge in [-0.1, -0.05) is 72.8 Å². The summed E-state index contributed by atoms with van der Waals surface area (Å²) in [6, 6.07) is 26.5. The molecule has 190 valence electrons. The number of para-hydroxylation sites is 1. The first kappa shape index (κ1) is 23.9. The first-order valence-electron chi connectivity index (χ1n) is 13.2. The maximum absolute atomic E-state index is 14.3. The Hall–Kier alpha value is -3.44. The minimum Gasteiger partial charge on any atom is -0.496 e. The molecule has 4 aliphatic rings. The molecule has 37 heavy (non-hydrogen) atoms. The highest BCUT2D eigenvalue weighted by Crippen LogP contribution is 2.69. The van der Waals surface area contributed by atoms with Crippen LogP contribution in [0.1, 0.15) is 41.0 Å². The van der Waals surface area contributed by atoms with E-state index in [9.17, 15) is 9.59 Å². The van der Waals surface area contributed by atoms with E-state index in [0.717, 1.165) is 24.2 Å². The molecular weight excluding hydrogens is 460 g/mol. The number of hydrogen-bond acceptors (Lipinski definition) is 4. The maximum Gasteiger partial charge on any atom is 0.230 e. The Labute approximate surface area is 218 Å². The Bertz CT molecular complexity index is 1350. The van der Waals surface area contributed by atoms with Crippen LogP contribution in [0.25, 0.3) is 0 Å². The van der Waals surface area contributed by atoms with E-state index in [-0.39, 0.29) is 29.9 Å². The lowest BCUT2D eigenvalue weighted by molar-refractivity contribution is -0.149. The molecule has 5 atom stereocenters. The van der Waals surface area contributed by atoms with Gasteiger partial charge in [0, 0.05) is 49.9 Å². The molecule has 2 bridgehead atoms. The molecule has 3 aromatic rings. The quantitative estimate of drug-likeness (QED) is 0.554. The number of nitrogens with zero attached hydrogens (tertiary/aromatic N) is 1. The van der Waals surface area contributed by atoms with Crippen LogP contribution in [0, 0.1) is 11.3 Å². The van der Waals surface area contributed by atoms with Crippen LogP contribution in [0.5, 0.6) is 5.75 Å². The van der Waals surface area contributed by atoms with E-state index < -0.39 is 16.9 Å². The predicted octanol–water partition coefficient (Wildman–Crippen LogP) is 4.35. The number of carbonyl (C=O) groups excluding carboxylic acids is 2. The largest absolute Gasteiger partial charge is 0.496 e. The van der Waals surface area contributed by atoms with Gasteiger partial charge in [0.1, 0.15) is 5.75 Å². The molecule has 3 aliphatic carbocycles. The topological polar surface area (TPSA) is 58.6 Å². The second-order valence-electron chi connectivity index (χ2n) is 11.0. The molecule has 0 aromatic heterocycles. The molecule has 5 nitrogen and oxygen atoms in total. The Morgan fingerprint density at radius 1 is 0.973 bits per heavy atom. The van der Waals surface area contributed by atoms with Crippen molar-refractivity contribution in [1.29, 1.82) is 0 Å². The lowest BCUT2D eigenvalue weighted by Crippen LogP contribution is -2.64. The third-order valence-corrected chi connectivity index (χ3v) is 9.30. The number of Topliss-reactive ketones (excluding diaryl/α,β-unsaturated/α-hetero) is 1. The normalized spacial score (nSPS) is 29.3. The molecule has 1 saturated heterocycles. The van der Waals surface area contributed by atoms with Crippen molar-refractivity contribution < 1.29 is 14.3 Å². The molecule has 0 spiro atoms. The van der Waals surface area contributed by atoms with Crippen LogP contribution in [0.15, 0.2) is 78.9 Å². The summed E-state index contributed by atoms with van der Waals surface area (Å²) < 4.78 is 5.56. The second-order valence-corrected chi connectivity index (χ2v) is 11.0. The monoisotopic (exact) mass is 494 g/mol. The summed E-state index contributed by atoms with van der Waals surface area (Å²) >= 11 is 0. The number of amides is 1. The van der Waals surface area contributed by atoms with Crippen molar-refractivity contribution in [3.05, 3.63) is 101 Å². The van der Waals surface area contributed by atoms with Crippen LogP contribution in [-0.4, -0.2) is 50.4 Å². The highest BCUT2D eigenvalue weighted by Gasteiger charge is 2.72. The minimum absolute atomic E-state index is 0.0748. The third-order valence-electron chi connectivity index (χ3n) is 9.30. The van der Waals surface area contributed by atoms with Gasteiger partial charge >= 0.3 is 0 Å². The highest BCUT2D eigenvalue weighted by molar-refractivity contribution is 5.93. The number of fused-ring (bicyclic) bond motifs is 1. The molecule has 1 amide bonds. The Kier molecular flexibility index (Phi) is 5.72. The van der Waals surface area contributed by atoms with Crippen molar-refractivity contribution in [3.8, 4) is 5.75 Å². The SMILES string of the molecule is COc1ccccc1CC(=O)C1NCC2(C(=O)N(C)C)C3CCC(c4ccccc4)(c4ccccc43)C12. The summed E-state index contributed by atoms with van der Waals surface area (Å²) in [6.45, 7) is 0.505. The molecule has 1 saturated carbocycles. The zero-order valence-electron chi connectivity index (χ0n) is 21.7. The maximum atomic E-state index is 14.3. The van der Waals surface area contributed by atoms with Crippen LogP contribution in [0.3, 0.4) is 0 Å². The van der Waals surface area contributed by atoms with Crippen molar-refractivity contribution in [3.63, 3.8) is 0 Å². The highest BCUT2D eigenvalue weighted by atomic mass is 16.5. The summed E-state index contributed by atoms with van der Waals surface area (Å²) in [5, 5.41) is 3.63. The molecule has 2 fully saturated rings. The molecule has 5 unspecified atom stereocenters. The Balaban J connectivity index is 1.56. The summed E-state index contributed by atoms with van der Waals surface area (Å²) in [4.78, 5) is 30.2. The van der Waals surface area contributed by atoms with Gasteiger partial charge in [-0.2, -0.15) is 0 Å². The fourth-order valence-electron chi connectivity index (χ4n) is 8.03. The fraction of sp³-hybridized carbons (Fsp3) is 0.375. The molecule has 0 radical (unpaired) electrons. The van der Waals surface area contributed by atoms with Gasteiger partial charge in [0.05, 0.1) is 18.6 Å². The fourth-order valence-corrected chi connectivity index (χ4v) is 8.03.